The van der Waals surface area contributed by atoms with E-state index in [1.165, 1.54) is 5.56 Å². The lowest BCUT2D eigenvalue weighted by Gasteiger charge is -2.27. The Labute approximate surface area is 215 Å². The van der Waals surface area contributed by atoms with Crippen LogP contribution in [0.1, 0.15) is 52.3 Å². The van der Waals surface area contributed by atoms with Crippen molar-refractivity contribution in [2.75, 3.05) is 32.5 Å². The van der Waals surface area contributed by atoms with Gasteiger partial charge in [0.15, 0.2) is 0 Å². The van der Waals surface area contributed by atoms with Crippen molar-refractivity contribution in [1.29, 1.82) is 0 Å². The van der Waals surface area contributed by atoms with Crippen LogP contribution >= 0.6 is 11.3 Å². The van der Waals surface area contributed by atoms with E-state index in [0.29, 0.717) is 5.56 Å². The van der Waals surface area contributed by atoms with Gasteiger partial charge in [-0.25, -0.2) is 15.4 Å². The first kappa shape index (κ1) is 24.4. The Morgan fingerprint density at radius 3 is 2.61 bits per heavy atom. The number of rotatable bonds is 8. The van der Waals surface area contributed by atoms with Gasteiger partial charge in [0.1, 0.15) is 16.3 Å². The molecule has 1 aliphatic rings. The number of nitrogens with zero attached hydrogens (tertiary/aromatic N) is 4. The Morgan fingerprint density at radius 1 is 1.17 bits per heavy atom. The van der Waals surface area contributed by atoms with Gasteiger partial charge in [-0.3, -0.25) is 14.4 Å². The Balaban J connectivity index is 1.46. The fourth-order valence-electron chi connectivity index (χ4n) is 5.22. The summed E-state index contributed by atoms with van der Waals surface area (Å²) in [5.74, 6) is -0.502. The highest BCUT2D eigenvalue weighted by atomic mass is 32.1. The molecule has 4 aromatic rings. The van der Waals surface area contributed by atoms with E-state index in [4.69, 9.17) is 15.2 Å². The first-order valence-corrected chi connectivity index (χ1v) is 13.2. The molecule has 9 heteroatoms. The largest absolute Gasteiger partial charge is 0.384 e. The van der Waals surface area contributed by atoms with Crippen molar-refractivity contribution in [3.05, 3.63) is 69.8 Å². The van der Waals surface area contributed by atoms with Gasteiger partial charge in [0, 0.05) is 47.4 Å². The zero-order valence-corrected chi connectivity index (χ0v) is 21.7. The van der Waals surface area contributed by atoms with Crippen LogP contribution in [-0.4, -0.2) is 57.6 Å². The summed E-state index contributed by atoms with van der Waals surface area (Å²) in [7, 11) is 4.13. The number of benzene rings is 1. The molecular weight excluding hydrogens is 472 g/mol. The van der Waals surface area contributed by atoms with Gasteiger partial charge in [0.05, 0.1) is 11.4 Å². The van der Waals surface area contributed by atoms with Gasteiger partial charge in [-0.2, -0.15) is 0 Å². The van der Waals surface area contributed by atoms with Crippen LogP contribution in [0.2, 0.25) is 0 Å². The standard InChI is InChI=1S/C27H32N6O2S/c1-18-24(33-14-10-21(16-23(33)29-18)28-13-15-32(2)3)22-17-36-26(30-22)27(11-4-5-12-27)20-8-6-19(7-9-20)25(34)31-35/h6-10,14,16-17,28,35H,4-5,11-13,15H2,1-3H3,(H,31,34). The zero-order valence-electron chi connectivity index (χ0n) is 20.9. The van der Waals surface area contributed by atoms with E-state index < -0.39 is 5.91 Å². The van der Waals surface area contributed by atoms with Crippen LogP contribution in [-0.2, 0) is 5.41 Å². The second-order valence-corrected chi connectivity index (χ2v) is 10.6. The molecule has 0 unspecified atom stereocenters. The summed E-state index contributed by atoms with van der Waals surface area (Å²) in [5, 5.41) is 15.7. The molecule has 0 atom stereocenters. The molecule has 0 bridgehead atoms. The minimum Gasteiger partial charge on any atom is -0.384 e. The normalized spacial score (nSPS) is 15.0. The molecule has 0 aliphatic heterocycles. The predicted molar refractivity (Wildman–Crippen MR) is 143 cm³/mol. The number of nitrogens with one attached hydrogen (secondary N) is 2. The molecule has 5 rings (SSSR count). The molecule has 36 heavy (non-hydrogen) atoms. The van der Waals surface area contributed by atoms with E-state index in [0.717, 1.165) is 72.2 Å². The van der Waals surface area contributed by atoms with Crippen LogP contribution in [0.25, 0.3) is 17.0 Å². The quantitative estimate of drug-likeness (QED) is 0.237. The fourth-order valence-corrected chi connectivity index (χ4v) is 6.30. The number of hydrogen-bond acceptors (Lipinski definition) is 7. The third kappa shape index (κ3) is 4.50. The van der Waals surface area contributed by atoms with Gasteiger partial charge in [0.25, 0.3) is 5.91 Å². The van der Waals surface area contributed by atoms with Crippen LogP contribution in [0.15, 0.2) is 48.0 Å². The summed E-state index contributed by atoms with van der Waals surface area (Å²) in [6, 6.07) is 11.7. The molecule has 3 N–H and O–H groups in total. The maximum atomic E-state index is 11.8. The molecule has 1 aromatic carbocycles. The second-order valence-electron chi connectivity index (χ2n) is 9.76. The van der Waals surface area contributed by atoms with E-state index in [1.807, 2.05) is 19.1 Å². The van der Waals surface area contributed by atoms with Gasteiger partial charge in [0.2, 0.25) is 0 Å². The van der Waals surface area contributed by atoms with Gasteiger partial charge in [-0.1, -0.05) is 25.0 Å². The van der Waals surface area contributed by atoms with Crippen molar-refractivity contribution in [2.24, 2.45) is 0 Å². The lowest BCUT2D eigenvalue weighted by Crippen LogP contribution is -2.24. The smallest absolute Gasteiger partial charge is 0.274 e. The van der Waals surface area contributed by atoms with E-state index in [-0.39, 0.29) is 5.41 Å². The highest BCUT2D eigenvalue weighted by Crippen LogP contribution is 2.48. The van der Waals surface area contributed by atoms with E-state index in [1.54, 1.807) is 28.9 Å². The lowest BCUT2D eigenvalue weighted by molar-refractivity contribution is 0.0706. The van der Waals surface area contributed by atoms with Crippen molar-refractivity contribution >= 4 is 28.6 Å². The fraction of sp³-hybridized carbons (Fsp3) is 0.370. The van der Waals surface area contributed by atoms with Gasteiger partial charge >= 0.3 is 0 Å². The molecule has 1 saturated carbocycles. The van der Waals surface area contributed by atoms with Crippen molar-refractivity contribution in [3.8, 4) is 11.4 Å². The summed E-state index contributed by atoms with van der Waals surface area (Å²) in [4.78, 5) is 23.9. The van der Waals surface area contributed by atoms with E-state index in [2.05, 4.69) is 52.4 Å². The average molecular weight is 505 g/mol. The number of thiazole rings is 1. The summed E-state index contributed by atoms with van der Waals surface area (Å²) in [6.45, 7) is 3.88. The molecular formula is C27H32N6O2S. The monoisotopic (exact) mass is 504 g/mol. The Kier molecular flexibility index (Phi) is 6.79. The number of carbonyl (C=O) groups is 1. The van der Waals surface area contributed by atoms with Gasteiger partial charge in [-0.15, -0.1) is 11.3 Å². The van der Waals surface area contributed by atoms with E-state index >= 15 is 0 Å². The number of amides is 1. The number of anilines is 1. The summed E-state index contributed by atoms with van der Waals surface area (Å²) >= 11 is 1.70. The highest BCUT2D eigenvalue weighted by molar-refractivity contribution is 7.10. The van der Waals surface area contributed by atoms with Crippen LogP contribution in [0, 0.1) is 6.92 Å². The van der Waals surface area contributed by atoms with Gasteiger partial charge in [-0.05, 0) is 57.6 Å². The molecule has 0 saturated heterocycles. The van der Waals surface area contributed by atoms with Gasteiger partial charge < -0.3 is 10.2 Å². The summed E-state index contributed by atoms with van der Waals surface area (Å²) < 4.78 is 2.12. The minimum atomic E-state index is -0.502. The van der Waals surface area contributed by atoms with Crippen LogP contribution in [0.3, 0.4) is 0 Å². The SMILES string of the molecule is Cc1nc2cc(NCCN(C)C)ccn2c1-c1csc(C2(c3ccc(C(=O)NO)cc3)CCCC2)n1. The predicted octanol–water partition coefficient (Wildman–Crippen LogP) is 4.72. The maximum Gasteiger partial charge on any atom is 0.274 e. The number of aromatic nitrogens is 3. The number of hydrogen-bond donors (Lipinski definition) is 3. The molecule has 0 spiro atoms. The number of pyridine rings is 1. The Hall–Kier alpha value is -3.27. The number of likely N-dealkylation sites (N-methyl/N-ethyl adjacent to an activating group) is 1. The van der Waals surface area contributed by atoms with Crippen molar-refractivity contribution in [1.82, 2.24) is 24.7 Å². The zero-order chi connectivity index (χ0) is 25.3. The number of imidazole rings is 1. The molecule has 1 fully saturated rings. The Bertz CT molecular complexity index is 1370. The molecule has 3 heterocycles. The topological polar surface area (TPSA) is 94.8 Å². The number of fused-ring (bicyclic) bond motifs is 1. The minimum absolute atomic E-state index is 0.158. The van der Waals surface area contributed by atoms with Crippen LogP contribution in [0.5, 0.6) is 0 Å². The lowest BCUT2D eigenvalue weighted by atomic mass is 9.79. The average Bonchev–Trinajstić information content (AvgIpc) is 3.61. The van der Waals surface area contributed by atoms with Crippen LogP contribution in [0.4, 0.5) is 5.69 Å². The number of aryl methyl sites for hydroxylation is 1. The van der Waals surface area contributed by atoms with E-state index in [9.17, 15) is 4.79 Å². The molecule has 1 amide bonds. The van der Waals surface area contributed by atoms with Crippen molar-refractivity contribution in [2.45, 2.75) is 38.0 Å². The van der Waals surface area contributed by atoms with Crippen LogP contribution < -0.4 is 10.8 Å². The second kappa shape index (κ2) is 10.0. The first-order valence-electron chi connectivity index (χ1n) is 12.3. The summed E-state index contributed by atoms with van der Waals surface area (Å²) in [6.07, 6.45) is 6.41. The molecule has 3 aromatic heterocycles. The van der Waals surface area contributed by atoms with Crippen molar-refractivity contribution < 1.29 is 10.0 Å². The number of carbonyl (C=O) groups excluding carboxylic acids is 1. The molecule has 8 nitrogen and oxygen atoms in total. The highest BCUT2D eigenvalue weighted by Gasteiger charge is 2.40. The Morgan fingerprint density at radius 2 is 1.92 bits per heavy atom. The maximum absolute atomic E-state index is 11.8. The molecule has 188 valence electrons. The third-order valence-corrected chi connectivity index (χ3v) is 8.15. The molecule has 1 aliphatic carbocycles. The molecule has 0 radical (unpaired) electrons. The van der Waals surface area contributed by atoms with Crippen molar-refractivity contribution in [3.63, 3.8) is 0 Å². The summed E-state index contributed by atoms with van der Waals surface area (Å²) in [5.41, 5.74) is 8.03. The number of hydroxylamine groups is 1. The first-order chi connectivity index (χ1) is 17.4. The third-order valence-electron chi connectivity index (χ3n) is 7.10.